The van der Waals surface area contributed by atoms with Crippen molar-refractivity contribution in [3.8, 4) is 11.4 Å². The number of carbonyl (C=O) groups excluding carboxylic acids is 1. The van der Waals surface area contributed by atoms with E-state index >= 15 is 0 Å². The van der Waals surface area contributed by atoms with Gasteiger partial charge in [0.05, 0.1) is 6.04 Å². The normalized spacial score (nSPS) is 12.3. The molecule has 0 unspecified atom stereocenters. The molecular weight excluding hydrogens is 348 g/mol. The van der Waals surface area contributed by atoms with Crippen LogP contribution in [0.2, 0.25) is 0 Å². The average molecular weight is 370 g/mol. The lowest BCUT2D eigenvalue weighted by molar-refractivity contribution is -0.122. The van der Waals surface area contributed by atoms with Crippen LogP contribution in [0.3, 0.4) is 0 Å². The van der Waals surface area contributed by atoms with Gasteiger partial charge in [0.2, 0.25) is 17.6 Å². The Labute approximate surface area is 156 Å². The van der Waals surface area contributed by atoms with E-state index in [9.17, 15) is 4.79 Å². The molecule has 0 aliphatic rings. The number of thiophene rings is 1. The van der Waals surface area contributed by atoms with Crippen LogP contribution in [0.1, 0.15) is 43.5 Å². The van der Waals surface area contributed by atoms with Crippen molar-refractivity contribution in [1.82, 2.24) is 20.4 Å². The molecule has 0 spiro atoms. The second kappa shape index (κ2) is 8.71. The van der Waals surface area contributed by atoms with Gasteiger partial charge < -0.3 is 9.84 Å². The van der Waals surface area contributed by atoms with Gasteiger partial charge in [-0.3, -0.25) is 9.78 Å². The van der Waals surface area contributed by atoms with E-state index < -0.39 is 0 Å². The molecule has 136 valence electrons. The minimum atomic E-state index is -0.00675. The largest absolute Gasteiger partial charge is 0.348 e. The standard InChI is InChI=1S/C19H22N4O2S/c1-13(2)12-15(16-4-3-11-26-16)21-17(24)5-6-18-22-19(23-25-18)14-7-9-20-10-8-14/h3-4,7-11,13,15H,5-6,12H2,1-2H3,(H,21,24)/t15-/m0/s1. The predicted octanol–water partition coefficient (Wildman–Crippen LogP) is 4.03. The van der Waals surface area contributed by atoms with Crippen LogP contribution in [0.5, 0.6) is 0 Å². The number of nitrogens with zero attached hydrogens (tertiary/aromatic N) is 3. The summed E-state index contributed by atoms with van der Waals surface area (Å²) in [7, 11) is 0. The smallest absolute Gasteiger partial charge is 0.227 e. The van der Waals surface area contributed by atoms with Crippen molar-refractivity contribution in [3.63, 3.8) is 0 Å². The molecule has 0 radical (unpaired) electrons. The number of amides is 1. The predicted molar refractivity (Wildman–Crippen MR) is 101 cm³/mol. The fourth-order valence-electron chi connectivity index (χ4n) is 2.67. The van der Waals surface area contributed by atoms with Gasteiger partial charge in [0.25, 0.3) is 0 Å². The third kappa shape index (κ3) is 4.98. The number of aromatic nitrogens is 3. The van der Waals surface area contributed by atoms with Crippen molar-refractivity contribution in [3.05, 3.63) is 52.8 Å². The van der Waals surface area contributed by atoms with Gasteiger partial charge in [0.1, 0.15) is 0 Å². The summed E-state index contributed by atoms with van der Waals surface area (Å²) in [4.78, 5) is 21.9. The minimum absolute atomic E-state index is 0.00675. The van der Waals surface area contributed by atoms with Gasteiger partial charge in [-0.15, -0.1) is 11.3 Å². The molecule has 0 saturated heterocycles. The maximum absolute atomic E-state index is 12.4. The van der Waals surface area contributed by atoms with Gasteiger partial charge in [-0.2, -0.15) is 4.98 Å². The maximum atomic E-state index is 12.4. The number of hydrogen-bond acceptors (Lipinski definition) is 6. The Morgan fingerprint density at radius 1 is 1.27 bits per heavy atom. The Morgan fingerprint density at radius 2 is 2.08 bits per heavy atom. The van der Waals surface area contributed by atoms with Gasteiger partial charge >= 0.3 is 0 Å². The minimum Gasteiger partial charge on any atom is -0.348 e. The van der Waals surface area contributed by atoms with Crippen molar-refractivity contribution in [2.45, 2.75) is 39.2 Å². The summed E-state index contributed by atoms with van der Waals surface area (Å²) in [5.41, 5.74) is 0.842. The second-order valence-electron chi connectivity index (χ2n) is 6.51. The molecule has 0 aromatic carbocycles. The Morgan fingerprint density at radius 3 is 2.77 bits per heavy atom. The van der Waals surface area contributed by atoms with E-state index in [2.05, 4.69) is 40.4 Å². The summed E-state index contributed by atoms with van der Waals surface area (Å²) in [6.07, 6.45) is 5.01. The quantitative estimate of drug-likeness (QED) is 0.647. The summed E-state index contributed by atoms with van der Waals surface area (Å²) in [6, 6.07) is 7.77. The van der Waals surface area contributed by atoms with Crippen LogP contribution in [0, 0.1) is 5.92 Å². The van der Waals surface area contributed by atoms with Crippen molar-refractivity contribution in [2.75, 3.05) is 0 Å². The van der Waals surface area contributed by atoms with Gasteiger partial charge in [-0.1, -0.05) is 25.1 Å². The molecule has 1 amide bonds. The lowest BCUT2D eigenvalue weighted by Crippen LogP contribution is -2.29. The van der Waals surface area contributed by atoms with Crippen LogP contribution in [-0.2, 0) is 11.2 Å². The third-order valence-electron chi connectivity index (χ3n) is 3.90. The van der Waals surface area contributed by atoms with Crippen molar-refractivity contribution < 1.29 is 9.32 Å². The summed E-state index contributed by atoms with van der Waals surface area (Å²) in [5.74, 6) is 1.47. The summed E-state index contributed by atoms with van der Waals surface area (Å²) in [5, 5.41) is 9.13. The van der Waals surface area contributed by atoms with E-state index in [0.717, 1.165) is 12.0 Å². The number of hydrogen-bond donors (Lipinski definition) is 1. The summed E-state index contributed by atoms with van der Waals surface area (Å²) < 4.78 is 5.25. The molecule has 3 aromatic heterocycles. The Kier molecular flexibility index (Phi) is 6.12. The van der Waals surface area contributed by atoms with E-state index in [1.54, 1.807) is 23.7 Å². The molecule has 0 fully saturated rings. The number of pyridine rings is 1. The van der Waals surface area contributed by atoms with Crippen LogP contribution < -0.4 is 5.32 Å². The Balaban J connectivity index is 1.56. The second-order valence-corrected chi connectivity index (χ2v) is 7.49. The first kappa shape index (κ1) is 18.3. The van der Waals surface area contributed by atoms with E-state index in [1.165, 1.54) is 4.88 Å². The summed E-state index contributed by atoms with van der Waals surface area (Å²) >= 11 is 1.67. The van der Waals surface area contributed by atoms with E-state index in [0.29, 0.717) is 30.5 Å². The molecular formula is C19H22N4O2S. The average Bonchev–Trinajstić information content (AvgIpc) is 3.32. The van der Waals surface area contributed by atoms with Gasteiger partial charge in [-0.25, -0.2) is 0 Å². The number of nitrogens with one attached hydrogen (secondary N) is 1. The van der Waals surface area contributed by atoms with Crippen LogP contribution in [0.25, 0.3) is 11.4 Å². The highest BCUT2D eigenvalue weighted by Gasteiger charge is 2.18. The SMILES string of the molecule is CC(C)C[C@H](NC(=O)CCc1nc(-c2ccncc2)no1)c1cccs1. The highest BCUT2D eigenvalue weighted by molar-refractivity contribution is 7.10. The molecule has 26 heavy (non-hydrogen) atoms. The fraction of sp³-hybridized carbons (Fsp3) is 0.368. The van der Waals surface area contributed by atoms with Crippen molar-refractivity contribution in [2.24, 2.45) is 5.92 Å². The number of carbonyl (C=O) groups is 1. The lowest BCUT2D eigenvalue weighted by atomic mass is 10.0. The van der Waals surface area contributed by atoms with Crippen LogP contribution >= 0.6 is 11.3 Å². The van der Waals surface area contributed by atoms with Gasteiger partial charge in [0, 0.05) is 35.7 Å². The molecule has 1 atom stereocenters. The molecule has 7 heteroatoms. The molecule has 3 heterocycles. The topological polar surface area (TPSA) is 80.9 Å². The van der Waals surface area contributed by atoms with Crippen LogP contribution in [0.15, 0.2) is 46.6 Å². The molecule has 0 saturated carbocycles. The zero-order valence-corrected chi connectivity index (χ0v) is 15.7. The van der Waals surface area contributed by atoms with E-state index in [4.69, 9.17) is 4.52 Å². The first-order chi connectivity index (χ1) is 12.6. The first-order valence-corrected chi connectivity index (χ1v) is 9.55. The van der Waals surface area contributed by atoms with E-state index in [1.807, 2.05) is 23.6 Å². The first-order valence-electron chi connectivity index (χ1n) is 8.67. The van der Waals surface area contributed by atoms with E-state index in [-0.39, 0.29) is 11.9 Å². The summed E-state index contributed by atoms with van der Waals surface area (Å²) in [6.45, 7) is 4.32. The van der Waals surface area contributed by atoms with Gasteiger partial charge in [-0.05, 0) is 35.9 Å². The van der Waals surface area contributed by atoms with Crippen molar-refractivity contribution in [1.29, 1.82) is 0 Å². The number of aryl methyl sites for hydroxylation is 1. The molecule has 3 rings (SSSR count). The number of rotatable bonds is 8. The highest BCUT2D eigenvalue weighted by Crippen LogP contribution is 2.25. The monoisotopic (exact) mass is 370 g/mol. The Bertz CT molecular complexity index is 815. The maximum Gasteiger partial charge on any atom is 0.227 e. The molecule has 0 bridgehead atoms. The lowest BCUT2D eigenvalue weighted by Gasteiger charge is -2.19. The zero-order valence-electron chi connectivity index (χ0n) is 14.9. The van der Waals surface area contributed by atoms with Crippen molar-refractivity contribution >= 4 is 17.2 Å². The highest BCUT2D eigenvalue weighted by atomic mass is 32.1. The Hall–Kier alpha value is -2.54. The molecule has 3 aromatic rings. The molecule has 1 N–H and O–H groups in total. The molecule has 6 nitrogen and oxygen atoms in total. The van der Waals surface area contributed by atoms with Gasteiger partial charge in [0.15, 0.2) is 0 Å². The fourth-order valence-corrected chi connectivity index (χ4v) is 3.46. The van der Waals surface area contributed by atoms with Crippen LogP contribution in [0.4, 0.5) is 0 Å². The zero-order chi connectivity index (χ0) is 18.4. The molecule has 0 aliphatic heterocycles. The molecule has 0 aliphatic carbocycles. The third-order valence-corrected chi connectivity index (χ3v) is 4.89. The van der Waals surface area contributed by atoms with Crippen LogP contribution in [-0.4, -0.2) is 21.0 Å².